The predicted octanol–water partition coefficient (Wildman–Crippen LogP) is 4.42. The zero-order chi connectivity index (χ0) is 14.8. The quantitative estimate of drug-likeness (QED) is 0.787. The number of benzene rings is 2. The maximum atomic E-state index is 12.4. The summed E-state index contributed by atoms with van der Waals surface area (Å²) in [6.45, 7) is 0.839. The molecule has 3 nitrogen and oxygen atoms in total. The van der Waals surface area contributed by atoms with Gasteiger partial charge >= 0.3 is 0 Å². The highest BCUT2D eigenvalue weighted by Gasteiger charge is 2.23. The van der Waals surface area contributed by atoms with Crippen LogP contribution >= 0.6 is 27.5 Å². The van der Waals surface area contributed by atoms with Crippen LogP contribution in [0.3, 0.4) is 0 Å². The summed E-state index contributed by atoms with van der Waals surface area (Å²) < 4.78 is 6.55. The molecule has 0 aromatic heterocycles. The number of hydrogen-bond acceptors (Lipinski definition) is 2. The molecule has 0 bridgehead atoms. The molecule has 21 heavy (non-hydrogen) atoms. The van der Waals surface area contributed by atoms with Gasteiger partial charge in [0, 0.05) is 9.50 Å². The number of hydrogen-bond donors (Lipinski definition) is 0. The van der Waals surface area contributed by atoms with E-state index in [1.807, 2.05) is 42.5 Å². The summed E-state index contributed by atoms with van der Waals surface area (Å²) in [5, 5.41) is 0.639. The summed E-state index contributed by atoms with van der Waals surface area (Å²) in [4.78, 5) is 14.1. The van der Waals surface area contributed by atoms with E-state index in [1.54, 1.807) is 4.90 Å². The number of halogens is 2. The number of ether oxygens (including phenoxy) is 1. The second-order valence-corrected chi connectivity index (χ2v) is 6.10. The van der Waals surface area contributed by atoms with Crippen LogP contribution in [0.25, 0.3) is 0 Å². The van der Waals surface area contributed by atoms with Crippen LogP contribution in [0, 0.1) is 0 Å². The lowest BCUT2D eigenvalue weighted by Crippen LogP contribution is -2.29. The molecule has 3 rings (SSSR count). The Balaban J connectivity index is 1.98. The molecule has 0 atom stereocenters. The molecule has 0 saturated carbocycles. The van der Waals surface area contributed by atoms with Crippen molar-refractivity contribution in [2.24, 2.45) is 0 Å². The Morgan fingerprint density at radius 1 is 1.24 bits per heavy atom. The molecular formula is C16H13BrClNO2. The second-order valence-electron chi connectivity index (χ2n) is 4.78. The monoisotopic (exact) mass is 365 g/mol. The summed E-state index contributed by atoms with van der Waals surface area (Å²) in [7, 11) is 0. The molecule has 1 aliphatic heterocycles. The Hall–Kier alpha value is -1.52. The van der Waals surface area contributed by atoms with Gasteiger partial charge in [0.1, 0.15) is 5.75 Å². The molecule has 1 amide bonds. The van der Waals surface area contributed by atoms with Crippen LogP contribution in [0.5, 0.6) is 5.75 Å². The minimum Gasteiger partial charge on any atom is -0.491 e. The van der Waals surface area contributed by atoms with Gasteiger partial charge < -0.3 is 9.64 Å². The van der Waals surface area contributed by atoms with Crippen molar-refractivity contribution in [3.63, 3.8) is 0 Å². The van der Waals surface area contributed by atoms with Crippen molar-refractivity contribution in [1.29, 1.82) is 0 Å². The largest absolute Gasteiger partial charge is 0.491 e. The zero-order valence-corrected chi connectivity index (χ0v) is 13.5. The van der Waals surface area contributed by atoms with E-state index in [0.717, 1.165) is 21.5 Å². The lowest BCUT2D eigenvalue weighted by Gasteiger charge is -2.22. The molecule has 0 radical (unpaired) electrons. The molecule has 1 aliphatic rings. The van der Waals surface area contributed by atoms with Gasteiger partial charge in [0.2, 0.25) is 5.91 Å². The van der Waals surface area contributed by atoms with Gasteiger partial charge in [-0.15, -0.1) is 0 Å². The van der Waals surface area contributed by atoms with Crippen molar-refractivity contribution in [1.82, 2.24) is 0 Å². The van der Waals surface area contributed by atoms with E-state index in [0.29, 0.717) is 24.6 Å². The molecule has 5 heteroatoms. The molecule has 0 unspecified atom stereocenters. The van der Waals surface area contributed by atoms with Crippen LogP contribution in [0.1, 0.15) is 12.0 Å². The maximum Gasteiger partial charge on any atom is 0.230 e. The van der Waals surface area contributed by atoms with Gasteiger partial charge in [-0.3, -0.25) is 4.79 Å². The SMILES string of the molecule is O=C1CCOc2ccccc2N1Cc1ccc(Br)cc1Cl. The standard InChI is InChI=1S/C16H13BrClNO2/c17-12-6-5-11(13(18)9-12)10-19-14-3-1-2-4-15(14)21-8-7-16(19)20/h1-6,9H,7-8,10H2. The predicted molar refractivity (Wildman–Crippen MR) is 86.9 cm³/mol. The van der Waals surface area contributed by atoms with Gasteiger partial charge in [-0.25, -0.2) is 0 Å². The lowest BCUT2D eigenvalue weighted by atomic mass is 10.1. The summed E-state index contributed by atoms with van der Waals surface area (Å²) in [6, 6.07) is 13.3. The average Bonchev–Trinajstić information content (AvgIpc) is 2.62. The number of anilines is 1. The normalized spacial score (nSPS) is 14.4. The van der Waals surface area contributed by atoms with E-state index in [4.69, 9.17) is 16.3 Å². The molecule has 2 aromatic rings. The first kappa shape index (κ1) is 14.4. The van der Waals surface area contributed by atoms with Gasteiger partial charge in [-0.2, -0.15) is 0 Å². The van der Waals surface area contributed by atoms with Crippen molar-refractivity contribution in [3.05, 3.63) is 57.5 Å². The highest BCUT2D eigenvalue weighted by atomic mass is 79.9. The van der Waals surface area contributed by atoms with E-state index < -0.39 is 0 Å². The first-order valence-corrected chi connectivity index (χ1v) is 7.78. The van der Waals surface area contributed by atoms with Crippen molar-refractivity contribution in [2.75, 3.05) is 11.5 Å². The summed E-state index contributed by atoms with van der Waals surface area (Å²) in [5.41, 5.74) is 1.70. The molecule has 1 heterocycles. The third-order valence-corrected chi connectivity index (χ3v) is 4.22. The van der Waals surface area contributed by atoms with Crippen LogP contribution in [0.2, 0.25) is 5.02 Å². The molecule has 0 spiro atoms. The van der Waals surface area contributed by atoms with E-state index in [1.165, 1.54) is 0 Å². The zero-order valence-electron chi connectivity index (χ0n) is 11.2. The number of amides is 1. The van der Waals surface area contributed by atoms with Crippen molar-refractivity contribution in [2.45, 2.75) is 13.0 Å². The topological polar surface area (TPSA) is 29.5 Å². The Bertz CT molecular complexity index is 690. The number of rotatable bonds is 2. The molecule has 0 saturated heterocycles. The third kappa shape index (κ3) is 3.06. The molecular weight excluding hydrogens is 354 g/mol. The first-order valence-electron chi connectivity index (χ1n) is 6.61. The lowest BCUT2D eigenvalue weighted by molar-refractivity contribution is -0.118. The Morgan fingerprint density at radius 3 is 2.86 bits per heavy atom. The van der Waals surface area contributed by atoms with Crippen molar-refractivity contribution in [3.8, 4) is 5.75 Å². The Labute approximate surface area is 136 Å². The maximum absolute atomic E-state index is 12.4. The van der Waals surface area contributed by atoms with Crippen molar-refractivity contribution < 1.29 is 9.53 Å². The minimum atomic E-state index is 0.0407. The highest BCUT2D eigenvalue weighted by molar-refractivity contribution is 9.10. The van der Waals surface area contributed by atoms with E-state index in [9.17, 15) is 4.79 Å². The van der Waals surface area contributed by atoms with Gasteiger partial charge in [-0.05, 0) is 29.8 Å². The smallest absolute Gasteiger partial charge is 0.230 e. The van der Waals surface area contributed by atoms with Crippen LogP contribution in [0.4, 0.5) is 5.69 Å². The number of fused-ring (bicyclic) bond motifs is 1. The first-order chi connectivity index (χ1) is 10.1. The summed E-state index contributed by atoms with van der Waals surface area (Å²) in [5.74, 6) is 0.774. The molecule has 0 N–H and O–H groups in total. The number of carbonyl (C=O) groups excluding carboxylic acids is 1. The fourth-order valence-corrected chi connectivity index (χ4v) is 3.05. The van der Waals surface area contributed by atoms with E-state index in [-0.39, 0.29) is 5.91 Å². The molecule has 0 aliphatic carbocycles. The molecule has 108 valence electrons. The van der Waals surface area contributed by atoms with Gasteiger partial charge in [0.05, 0.1) is 25.3 Å². The Kier molecular flexibility index (Phi) is 4.17. The molecule has 2 aromatic carbocycles. The van der Waals surface area contributed by atoms with E-state index in [2.05, 4.69) is 15.9 Å². The fraction of sp³-hybridized carbons (Fsp3) is 0.188. The van der Waals surface area contributed by atoms with Gasteiger partial charge in [0.25, 0.3) is 0 Å². The van der Waals surface area contributed by atoms with Gasteiger partial charge in [-0.1, -0.05) is 45.7 Å². The number of carbonyl (C=O) groups is 1. The van der Waals surface area contributed by atoms with Crippen LogP contribution in [0.15, 0.2) is 46.9 Å². The summed E-state index contributed by atoms with van der Waals surface area (Å²) >= 11 is 9.65. The Morgan fingerprint density at radius 2 is 2.05 bits per heavy atom. The van der Waals surface area contributed by atoms with Crippen LogP contribution < -0.4 is 9.64 Å². The highest BCUT2D eigenvalue weighted by Crippen LogP contribution is 2.33. The second kappa shape index (κ2) is 6.08. The van der Waals surface area contributed by atoms with Crippen LogP contribution in [-0.2, 0) is 11.3 Å². The van der Waals surface area contributed by atoms with E-state index >= 15 is 0 Å². The van der Waals surface area contributed by atoms with Gasteiger partial charge in [0.15, 0.2) is 0 Å². The number of nitrogens with zero attached hydrogens (tertiary/aromatic N) is 1. The number of para-hydroxylation sites is 2. The van der Waals surface area contributed by atoms with Crippen molar-refractivity contribution >= 4 is 39.1 Å². The average molecular weight is 367 g/mol. The minimum absolute atomic E-state index is 0.0407. The fourth-order valence-electron chi connectivity index (χ4n) is 2.31. The third-order valence-electron chi connectivity index (χ3n) is 3.37. The molecule has 0 fully saturated rings. The van der Waals surface area contributed by atoms with Crippen LogP contribution in [-0.4, -0.2) is 12.5 Å². The summed E-state index contributed by atoms with van der Waals surface area (Å²) in [6.07, 6.45) is 0.364.